The molecule has 0 aliphatic carbocycles. The minimum atomic E-state index is -0.0922. The molecule has 0 bridgehead atoms. The molecule has 0 fully saturated rings. The van der Waals surface area contributed by atoms with Gasteiger partial charge in [-0.3, -0.25) is 9.78 Å². The third kappa shape index (κ3) is 6.01. The first-order valence-electron chi connectivity index (χ1n) is 11.9. The number of ether oxygens (including phenoxy) is 1. The maximum atomic E-state index is 12.2. The number of fused-ring (bicyclic) bond motifs is 1. The van der Waals surface area contributed by atoms with Gasteiger partial charge in [-0.2, -0.15) is 0 Å². The number of imidazole rings is 1. The standard InChI is InChI=1S/C28H32N4O2/c1-21-13-14-26(22(2)19-21)34-18-6-5-17-32-25-11-4-3-10-24(25)31-27(32)12-8-16-30-28(33)23-9-7-15-29-20-23/h3-4,7,9-11,13-15,19-20H,5-6,8,12,16-18H2,1-2H3,(H,30,33). The van der Waals surface area contributed by atoms with E-state index >= 15 is 0 Å². The Bertz CT molecular complexity index is 1230. The lowest BCUT2D eigenvalue weighted by atomic mass is 10.1. The quantitative estimate of drug-likeness (QED) is 0.312. The van der Waals surface area contributed by atoms with Gasteiger partial charge in [-0.05, 0) is 69.0 Å². The van der Waals surface area contributed by atoms with Gasteiger partial charge in [0, 0.05) is 31.9 Å². The molecule has 0 saturated carbocycles. The number of hydrogen-bond donors (Lipinski definition) is 1. The number of aryl methyl sites for hydroxylation is 4. The fraction of sp³-hybridized carbons (Fsp3) is 0.321. The zero-order valence-electron chi connectivity index (χ0n) is 20.0. The highest BCUT2D eigenvalue weighted by Crippen LogP contribution is 2.20. The van der Waals surface area contributed by atoms with Crippen LogP contribution in [0.2, 0.25) is 0 Å². The van der Waals surface area contributed by atoms with Crippen LogP contribution in [-0.4, -0.2) is 33.6 Å². The SMILES string of the molecule is Cc1ccc(OCCCCn2c(CCCNC(=O)c3cccnc3)nc3ccccc32)c(C)c1. The molecule has 0 unspecified atom stereocenters. The Kier molecular flexibility index (Phi) is 7.91. The molecule has 0 radical (unpaired) electrons. The van der Waals surface area contributed by atoms with Gasteiger partial charge in [-0.25, -0.2) is 4.98 Å². The van der Waals surface area contributed by atoms with Crippen LogP contribution in [0.5, 0.6) is 5.75 Å². The van der Waals surface area contributed by atoms with Crippen molar-refractivity contribution >= 4 is 16.9 Å². The van der Waals surface area contributed by atoms with Crippen LogP contribution in [0.25, 0.3) is 11.0 Å². The summed E-state index contributed by atoms with van der Waals surface area (Å²) in [5, 5.41) is 2.97. The molecule has 34 heavy (non-hydrogen) atoms. The average Bonchev–Trinajstić information content (AvgIpc) is 3.20. The summed E-state index contributed by atoms with van der Waals surface area (Å²) in [6.07, 6.45) is 6.86. The van der Waals surface area contributed by atoms with Crippen LogP contribution in [0.1, 0.15) is 46.6 Å². The van der Waals surface area contributed by atoms with Crippen molar-refractivity contribution in [2.75, 3.05) is 13.2 Å². The van der Waals surface area contributed by atoms with Gasteiger partial charge < -0.3 is 14.6 Å². The highest BCUT2D eigenvalue weighted by Gasteiger charge is 2.11. The normalized spacial score (nSPS) is 11.0. The van der Waals surface area contributed by atoms with E-state index in [-0.39, 0.29) is 5.91 Å². The second kappa shape index (κ2) is 11.5. The summed E-state index contributed by atoms with van der Waals surface area (Å²) in [6.45, 7) is 6.38. The number of pyridine rings is 1. The van der Waals surface area contributed by atoms with E-state index < -0.39 is 0 Å². The first-order chi connectivity index (χ1) is 16.6. The molecule has 1 amide bonds. The second-order valence-electron chi connectivity index (χ2n) is 8.59. The molecule has 6 nitrogen and oxygen atoms in total. The highest BCUT2D eigenvalue weighted by molar-refractivity contribution is 5.93. The summed E-state index contributed by atoms with van der Waals surface area (Å²) in [4.78, 5) is 21.1. The summed E-state index contributed by atoms with van der Waals surface area (Å²) < 4.78 is 8.31. The fourth-order valence-corrected chi connectivity index (χ4v) is 4.13. The molecule has 6 heteroatoms. The van der Waals surface area contributed by atoms with Crippen molar-refractivity contribution in [3.63, 3.8) is 0 Å². The maximum absolute atomic E-state index is 12.2. The number of unbranched alkanes of at least 4 members (excludes halogenated alkanes) is 1. The number of aromatic nitrogens is 3. The molecular formula is C28H32N4O2. The first kappa shape index (κ1) is 23.5. The van der Waals surface area contributed by atoms with E-state index in [2.05, 4.69) is 65.1 Å². The van der Waals surface area contributed by atoms with E-state index in [4.69, 9.17) is 9.72 Å². The third-order valence-corrected chi connectivity index (χ3v) is 5.88. The lowest BCUT2D eigenvalue weighted by Gasteiger charge is -2.12. The predicted molar refractivity (Wildman–Crippen MR) is 135 cm³/mol. The molecule has 0 saturated heterocycles. The number of nitrogens with one attached hydrogen (secondary N) is 1. The predicted octanol–water partition coefficient (Wildman–Crippen LogP) is 5.27. The van der Waals surface area contributed by atoms with Gasteiger partial charge in [0.25, 0.3) is 5.91 Å². The van der Waals surface area contributed by atoms with Crippen LogP contribution in [0.15, 0.2) is 67.0 Å². The minimum Gasteiger partial charge on any atom is -0.493 e. The van der Waals surface area contributed by atoms with Gasteiger partial charge in [-0.15, -0.1) is 0 Å². The largest absolute Gasteiger partial charge is 0.493 e. The minimum absolute atomic E-state index is 0.0922. The molecule has 0 spiro atoms. The molecule has 176 valence electrons. The van der Waals surface area contributed by atoms with Crippen molar-refractivity contribution < 1.29 is 9.53 Å². The van der Waals surface area contributed by atoms with Crippen LogP contribution in [-0.2, 0) is 13.0 Å². The van der Waals surface area contributed by atoms with Crippen LogP contribution < -0.4 is 10.1 Å². The number of carbonyl (C=O) groups is 1. The highest BCUT2D eigenvalue weighted by atomic mass is 16.5. The topological polar surface area (TPSA) is 69.0 Å². The summed E-state index contributed by atoms with van der Waals surface area (Å²) in [7, 11) is 0. The molecule has 0 atom stereocenters. The van der Waals surface area contributed by atoms with E-state index in [1.807, 2.05) is 6.07 Å². The zero-order chi connectivity index (χ0) is 23.8. The van der Waals surface area contributed by atoms with Crippen LogP contribution in [0, 0.1) is 13.8 Å². The van der Waals surface area contributed by atoms with Crippen molar-refractivity contribution in [1.29, 1.82) is 0 Å². The number of rotatable bonds is 11. The van der Waals surface area contributed by atoms with Crippen molar-refractivity contribution in [3.05, 3.63) is 89.5 Å². The molecular weight excluding hydrogens is 424 g/mol. The van der Waals surface area contributed by atoms with Crippen molar-refractivity contribution in [2.45, 2.75) is 46.1 Å². The van der Waals surface area contributed by atoms with Crippen LogP contribution in [0.4, 0.5) is 0 Å². The zero-order valence-corrected chi connectivity index (χ0v) is 20.0. The Morgan fingerprint density at radius 2 is 1.91 bits per heavy atom. The van der Waals surface area contributed by atoms with Gasteiger partial charge in [0.05, 0.1) is 23.2 Å². The summed E-state index contributed by atoms with van der Waals surface area (Å²) in [5.41, 5.74) is 5.19. The number of amides is 1. The number of nitrogens with zero attached hydrogens (tertiary/aromatic N) is 3. The van der Waals surface area contributed by atoms with E-state index in [1.54, 1.807) is 24.5 Å². The molecule has 0 aliphatic rings. The third-order valence-electron chi connectivity index (χ3n) is 5.88. The van der Waals surface area contributed by atoms with E-state index in [1.165, 1.54) is 11.1 Å². The van der Waals surface area contributed by atoms with Crippen molar-refractivity contribution in [3.8, 4) is 5.75 Å². The average molecular weight is 457 g/mol. The number of para-hydroxylation sites is 2. The van der Waals surface area contributed by atoms with E-state index in [0.717, 1.165) is 54.8 Å². The smallest absolute Gasteiger partial charge is 0.252 e. The van der Waals surface area contributed by atoms with Gasteiger partial charge in [0.1, 0.15) is 11.6 Å². The Labute approximate surface area is 201 Å². The summed E-state index contributed by atoms with van der Waals surface area (Å²) >= 11 is 0. The monoisotopic (exact) mass is 456 g/mol. The Balaban J connectivity index is 1.29. The first-order valence-corrected chi connectivity index (χ1v) is 11.9. The molecule has 4 aromatic rings. The second-order valence-corrected chi connectivity index (χ2v) is 8.59. The van der Waals surface area contributed by atoms with E-state index in [0.29, 0.717) is 18.7 Å². The van der Waals surface area contributed by atoms with Gasteiger partial charge in [-0.1, -0.05) is 29.8 Å². The van der Waals surface area contributed by atoms with Crippen LogP contribution >= 0.6 is 0 Å². The molecule has 2 aromatic heterocycles. The number of hydrogen-bond acceptors (Lipinski definition) is 4. The Hall–Kier alpha value is -3.67. The molecule has 2 heterocycles. The summed E-state index contributed by atoms with van der Waals surface area (Å²) in [5.74, 6) is 1.94. The number of carbonyl (C=O) groups excluding carboxylic acids is 1. The van der Waals surface area contributed by atoms with Crippen molar-refractivity contribution in [2.24, 2.45) is 0 Å². The van der Waals surface area contributed by atoms with Crippen LogP contribution in [0.3, 0.4) is 0 Å². The van der Waals surface area contributed by atoms with E-state index in [9.17, 15) is 4.79 Å². The maximum Gasteiger partial charge on any atom is 0.252 e. The van der Waals surface area contributed by atoms with Crippen molar-refractivity contribution in [1.82, 2.24) is 19.9 Å². The fourth-order valence-electron chi connectivity index (χ4n) is 4.13. The molecule has 0 aliphatic heterocycles. The molecule has 2 aromatic carbocycles. The lowest BCUT2D eigenvalue weighted by molar-refractivity contribution is 0.0952. The summed E-state index contributed by atoms with van der Waals surface area (Å²) in [6, 6.07) is 18.1. The Morgan fingerprint density at radius 3 is 2.74 bits per heavy atom. The lowest BCUT2D eigenvalue weighted by Crippen LogP contribution is -2.25. The van der Waals surface area contributed by atoms with Gasteiger partial charge >= 0.3 is 0 Å². The van der Waals surface area contributed by atoms with Gasteiger partial charge in [0.2, 0.25) is 0 Å². The molecule has 4 rings (SSSR count). The molecule has 1 N–H and O–H groups in total. The Morgan fingerprint density at radius 1 is 1.03 bits per heavy atom. The van der Waals surface area contributed by atoms with Gasteiger partial charge in [0.15, 0.2) is 0 Å². The number of benzene rings is 2.